The third-order valence-corrected chi connectivity index (χ3v) is 2.39. The normalized spacial score (nSPS) is 12.8. The Kier molecular flexibility index (Phi) is 4.66. The van der Waals surface area contributed by atoms with Crippen molar-refractivity contribution >= 4 is 11.9 Å². The second kappa shape index (κ2) is 6.00. The first-order chi connectivity index (χ1) is 8.00. The molecule has 0 bridgehead atoms. The van der Waals surface area contributed by atoms with Crippen molar-refractivity contribution in [3.63, 3.8) is 0 Å². The molecule has 2 rings (SSSR count). The number of rotatable bonds is 4. The topological polar surface area (TPSA) is 106 Å². The number of carbonyl (C=O) groups excluding carboxylic acids is 1. The molecule has 92 valence electrons. The maximum atomic E-state index is 10.1. The number of hydrogen-bond donors (Lipinski definition) is 3. The Morgan fingerprint density at radius 2 is 1.82 bits per heavy atom. The summed E-state index contributed by atoms with van der Waals surface area (Å²) in [6.45, 7) is 0. The maximum Gasteiger partial charge on any atom is 0.320 e. The molecule has 0 heterocycles. The zero-order valence-corrected chi connectivity index (χ0v) is 9.43. The summed E-state index contributed by atoms with van der Waals surface area (Å²) in [4.78, 5) is 20.1. The molecule has 5 N–H and O–H groups in total. The fourth-order valence-electron chi connectivity index (χ4n) is 1.26. The molecule has 5 nitrogen and oxygen atoms in total. The van der Waals surface area contributed by atoms with Gasteiger partial charge >= 0.3 is 5.97 Å². The molecule has 1 atom stereocenters. The summed E-state index contributed by atoms with van der Waals surface area (Å²) in [5.74, 6) is -1.64. The molecule has 0 spiro atoms. The van der Waals surface area contributed by atoms with Gasteiger partial charge in [-0.25, -0.2) is 0 Å². The molecule has 17 heavy (non-hydrogen) atoms. The summed E-state index contributed by atoms with van der Waals surface area (Å²) in [5, 5.41) is 8.22. The average molecular weight is 236 g/mol. The van der Waals surface area contributed by atoms with Crippen molar-refractivity contribution in [2.24, 2.45) is 11.5 Å². The summed E-state index contributed by atoms with van der Waals surface area (Å²) >= 11 is 0. The number of fused-ring (bicyclic) bond motifs is 1. The standard InChI is InChI=1S/C7H6.C5H10N2O3/c1-2-4-7-5-6(7)3-1;6-3(5(9)10)1-2-4(7)8/h1-4H,5H2;3H,1-2,6H2,(H2,7,8)(H,9,10). The van der Waals surface area contributed by atoms with Gasteiger partial charge in [0.25, 0.3) is 0 Å². The van der Waals surface area contributed by atoms with Gasteiger partial charge in [0.1, 0.15) is 6.04 Å². The zero-order chi connectivity index (χ0) is 12.8. The van der Waals surface area contributed by atoms with Crippen LogP contribution in [0.2, 0.25) is 0 Å². The van der Waals surface area contributed by atoms with Crippen molar-refractivity contribution in [3.05, 3.63) is 35.4 Å². The van der Waals surface area contributed by atoms with Crippen LogP contribution in [0.25, 0.3) is 0 Å². The Bertz CT molecular complexity index is 397. The molecule has 0 radical (unpaired) electrons. The quantitative estimate of drug-likeness (QED) is 0.707. The summed E-state index contributed by atoms with van der Waals surface area (Å²) in [6.07, 6.45) is 1.37. The van der Waals surface area contributed by atoms with E-state index in [1.165, 1.54) is 17.5 Å². The van der Waals surface area contributed by atoms with Gasteiger partial charge in [0.05, 0.1) is 0 Å². The van der Waals surface area contributed by atoms with Crippen molar-refractivity contribution in [1.82, 2.24) is 0 Å². The first kappa shape index (κ1) is 13.2. The number of primary amides is 1. The smallest absolute Gasteiger partial charge is 0.320 e. The zero-order valence-electron chi connectivity index (χ0n) is 9.43. The number of carboxylic acid groups (broad SMARTS) is 1. The van der Waals surface area contributed by atoms with Gasteiger partial charge in [-0.1, -0.05) is 24.3 Å². The molecule has 1 aromatic carbocycles. The lowest BCUT2D eigenvalue weighted by Gasteiger charge is -2.01. The number of hydrogen-bond acceptors (Lipinski definition) is 3. The van der Waals surface area contributed by atoms with Crippen molar-refractivity contribution in [1.29, 1.82) is 0 Å². The largest absolute Gasteiger partial charge is 0.480 e. The van der Waals surface area contributed by atoms with E-state index in [1.54, 1.807) is 0 Å². The third-order valence-electron chi connectivity index (χ3n) is 2.39. The van der Waals surface area contributed by atoms with Crippen molar-refractivity contribution in [2.75, 3.05) is 0 Å². The Morgan fingerprint density at radius 3 is 2.18 bits per heavy atom. The van der Waals surface area contributed by atoms with Crippen molar-refractivity contribution in [3.8, 4) is 0 Å². The average Bonchev–Trinajstić information content (AvgIpc) is 3.05. The Labute approximate surface area is 99.4 Å². The summed E-state index contributed by atoms with van der Waals surface area (Å²) in [7, 11) is 0. The Morgan fingerprint density at radius 1 is 1.29 bits per heavy atom. The molecule has 1 unspecified atom stereocenters. The van der Waals surface area contributed by atoms with Gasteiger partial charge in [0.15, 0.2) is 0 Å². The molecular formula is C12H16N2O3. The summed E-state index contributed by atoms with van der Waals surface area (Å²) < 4.78 is 0. The van der Waals surface area contributed by atoms with Gasteiger partial charge in [-0.3, -0.25) is 9.59 Å². The molecule has 1 aliphatic carbocycles. The minimum absolute atomic E-state index is 0.0213. The van der Waals surface area contributed by atoms with E-state index < -0.39 is 17.9 Å². The van der Waals surface area contributed by atoms with Crippen LogP contribution in [0.3, 0.4) is 0 Å². The number of carboxylic acids is 1. The van der Waals surface area contributed by atoms with Crippen LogP contribution in [0.15, 0.2) is 24.3 Å². The molecule has 1 aliphatic rings. The Balaban J connectivity index is 0.000000177. The molecule has 1 amide bonds. The molecule has 0 aliphatic heterocycles. The first-order valence-electron chi connectivity index (χ1n) is 5.34. The summed E-state index contributed by atoms with van der Waals surface area (Å²) in [5.41, 5.74) is 12.9. The SMILES string of the molecule is NC(=O)CCC(N)C(=O)O.c1ccc2c(c1)C2. The van der Waals surface area contributed by atoms with E-state index in [-0.39, 0.29) is 12.8 Å². The van der Waals surface area contributed by atoms with Crippen LogP contribution in [-0.4, -0.2) is 23.0 Å². The van der Waals surface area contributed by atoms with Crippen molar-refractivity contribution in [2.45, 2.75) is 25.3 Å². The number of aliphatic carboxylic acids is 1. The third kappa shape index (κ3) is 5.12. The van der Waals surface area contributed by atoms with Gasteiger partial charge in [0.2, 0.25) is 5.91 Å². The minimum atomic E-state index is -1.11. The van der Waals surface area contributed by atoms with E-state index in [9.17, 15) is 9.59 Å². The molecule has 5 heteroatoms. The van der Waals surface area contributed by atoms with Crippen LogP contribution in [0.1, 0.15) is 24.0 Å². The monoisotopic (exact) mass is 236 g/mol. The number of carbonyl (C=O) groups is 2. The predicted molar refractivity (Wildman–Crippen MR) is 63.3 cm³/mol. The molecular weight excluding hydrogens is 220 g/mol. The van der Waals surface area contributed by atoms with Crippen LogP contribution >= 0.6 is 0 Å². The molecule has 0 saturated heterocycles. The lowest BCUT2D eigenvalue weighted by atomic mass is 10.2. The maximum absolute atomic E-state index is 10.1. The van der Waals surface area contributed by atoms with Gasteiger partial charge in [-0.15, -0.1) is 0 Å². The number of nitrogens with two attached hydrogens (primary N) is 2. The van der Waals surface area contributed by atoms with Crippen LogP contribution in [0.4, 0.5) is 0 Å². The number of amides is 1. The highest BCUT2D eigenvalue weighted by Gasteiger charge is 2.12. The highest BCUT2D eigenvalue weighted by molar-refractivity contribution is 5.76. The van der Waals surface area contributed by atoms with E-state index in [4.69, 9.17) is 16.6 Å². The van der Waals surface area contributed by atoms with E-state index in [1.807, 2.05) is 0 Å². The van der Waals surface area contributed by atoms with Gasteiger partial charge < -0.3 is 16.6 Å². The molecule has 0 aromatic heterocycles. The van der Waals surface area contributed by atoms with Crippen LogP contribution in [-0.2, 0) is 16.0 Å². The molecule has 0 saturated carbocycles. The van der Waals surface area contributed by atoms with Crippen LogP contribution in [0, 0.1) is 0 Å². The van der Waals surface area contributed by atoms with Gasteiger partial charge in [-0.05, 0) is 24.0 Å². The second-order valence-electron chi connectivity index (χ2n) is 3.90. The van der Waals surface area contributed by atoms with E-state index >= 15 is 0 Å². The number of benzene rings is 1. The predicted octanol–water partition coefficient (Wildman–Crippen LogP) is 0.255. The lowest BCUT2D eigenvalue weighted by Crippen LogP contribution is -2.31. The fourth-order valence-corrected chi connectivity index (χ4v) is 1.26. The second-order valence-corrected chi connectivity index (χ2v) is 3.90. The highest BCUT2D eigenvalue weighted by Crippen LogP contribution is 2.25. The molecule has 0 fully saturated rings. The first-order valence-corrected chi connectivity index (χ1v) is 5.34. The van der Waals surface area contributed by atoms with Gasteiger partial charge in [-0.2, -0.15) is 0 Å². The van der Waals surface area contributed by atoms with Crippen LogP contribution < -0.4 is 11.5 Å². The van der Waals surface area contributed by atoms with Crippen molar-refractivity contribution < 1.29 is 14.7 Å². The van der Waals surface area contributed by atoms with Gasteiger partial charge in [0, 0.05) is 6.42 Å². The van der Waals surface area contributed by atoms with E-state index in [2.05, 4.69) is 24.3 Å². The van der Waals surface area contributed by atoms with Crippen LogP contribution in [0.5, 0.6) is 0 Å². The van der Waals surface area contributed by atoms with E-state index in [0.717, 1.165) is 0 Å². The Hall–Kier alpha value is -1.88. The summed E-state index contributed by atoms with van der Waals surface area (Å²) in [6, 6.07) is 7.55. The van der Waals surface area contributed by atoms with E-state index in [0.29, 0.717) is 0 Å². The highest BCUT2D eigenvalue weighted by atomic mass is 16.4. The minimum Gasteiger partial charge on any atom is -0.480 e. The lowest BCUT2D eigenvalue weighted by molar-refractivity contribution is -0.138. The molecule has 1 aromatic rings. The fraction of sp³-hybridized carbons (Fsp3) is 0.333.